The number of methoxy groups -OCH3 is 1. The molecule has 0 amide bonds. The number of ether oxygens (including phenoxy) is 3. The van der Waals surface area contributed by atoms with Crippen LogP contribution in [0.25, 0.3) is 0 Å². The number of fused-ring (bicyclic) bond motifs is 1. The average Bonchev–Trinajstić information content (AvgIpc) is 2.64. The van der Waals surface area contributed by atoms with Gasteiger partial charge in [0.25, 0.3) is 0 Å². The number of hydrogen-bond donors (Lipinski definition) is 0. The molecule has 1 heterocycles. The third-order valence-corrected chi connectivity index (χ3v) is 2.22. The van der Waals surface area contributed by atoms with Crippen LogP contribution in [0.1, 0.15) is 12.5 Å². The van der Waals surface area contributed by atoms with Crippen LogP contribution < -0.4 is 14.2 Å². The van der Waals surface area contributed by atoms with E-state index in [0.29, 0.717) is 23.7 Å². The van der Waals surface area contributed by atoms with Crippen LogP contribution in [0.4, 0.5) is 0 Å². The highest BCUT2D eigenvalue weighted by Gasteiger charge is 2.21. The van der Waals surface area contributed by atoms with E-state index in [2.05, 4.69) is 0 Å². The molecule has 0 spiro atoms. The molecule has 0 saturated carbocycles. The molecule has 80 valence electrons. The molecule has 0 aliphatic carbocycles. The lowest BCUT2D eigenvalue weighted by Crippen LogP contribution is -2.00. The maximum Gasteiger partial charge on any atom is 0.231 e. The first-order valence-electron chi connectivity index (χ1n) is 4.67. The van der Waals surface area contributed by atoms with E-state index < -0.39 is 0 Å². The molecular weight excluding hydrogens is 196 g/mol. The summed E-state index contributed by atoms with van der Waals surface area (Å²) in [6, 6.07) is 3.62. The summed E-state index contributed by atoms with van der Waals surface area (Å²) in [7, 11) is 1.56. The lowest BCUT2D eigenvalue weighted by molar-refractivity contribution is -0.116. The van der Waals surface area contributed by atoms with Gasteiger partial charge in [-0.25, -0.2) is 0 Å². The molecule has 4 heteroatoms. The number of Topliss-reactive ketones (excluding diaryl/α,β-unsaturated/α-hetero) is 1. The number of benzene rings is 1. The van der Waals surface area contributed by atoms with E-state index in [9.17, 15) is 4.79 Å². The molecule has 0 radical (unpaired) electrons. The second-order valence-corrected chi connectivity index (χ2v) is 3.37. The van der Waals surface area contributed by atoms with Gasteiger partial charge in [0, 0.05) is 12.0 Å². The summed E-state index contributed by atoms with van der Waals surface area (Å²) >= 11 is 0. The zero-order chi connectivity index (χ0) is 10.8. The fraction of sp³-hybridized carbons (Fsp3) is 0.364. The quantitative estimate of drug-likeness (QED) is 0.756. The van der Waals surface area contributed by atoms with Gasteiger partial charge < -0.3 is 14.2 Å². The topological polar surface area (TPSA) is 44.8 Å². The van der Waals surface area contributed by atoms with Crippen molar-refractivity contribution in [3.8, 4) is 17.2 Å². The highest BCUT2D eigenvalue weighted by Crippen LogP contribution is 2.43. The van der Waals surface area contributed by atoms with Crippen molar-refractivity contribution in [2.75, 3.05) is 13.9 Å². The molecule has 0 atom stereocenters. The summed E-state index contributed by atoms with van der Waals surface area (Å²) in [6.45, 7) is 1.75. The number of ketones is 1. The molecule has 0 unspecified atom stereocenters. The Bertz CT molecular complexity index is 398. The Kier molecular flexibility index (Phi) is 2.49. The minimum Gasteiger partial charge on any atom is -0.492 e. The Hall–Kier alpha value is -1.71. The molecule has 0 N–H and O–H groups in total. The van der Waals surface area contributed by atoms with Crippen LogP contribution >= 0.6 is 0 Å². The van der Waals surface area contributed by atoms with Crippen LogP contribution in [0.15, 0.2) is 12.1 Å². The van der Waals surface area contributed by atoms with Gasteiger partial charge in [0.15, 0.2) is 11.5 Å². The fourth-order valence-electron chi connectivity index (χ4n) is 1.62. The summed E-state index contributed by atoms with van der Waals surface area (Å²) < 4.78 is 15.7. The van der Waals surface area contributed by atoms with Crippen molar-refractivity contribution in [3.63, 3.8) is 0 Å². The van der Waals surface area contributed by atoms with Crippen LogP contribution in [0.3, 0.4) is 0 Å². The van der Waals surface area contributed by atoms with Gasteiger partial charge in [0.1, 0.15) is 5.78 Å². The summed E-state index contributed by atoms with van der Waals surface area (Å²) in [4.78, 5) is 11.1. The van der Waals surface area contributed by atoms with E-state index in [1.54, 1.807) is 20.1 Å². The van der Waals surface area contributed by atoms with Gasteiger partial charge in [-0.1, -0.05) is 6.07 Å². The normalized spacial score (nSPS) is 12.7. The number of hydrogen-bond acceptors (Lipinski definition) is 4. The molecule has 1 aliphatic heterocycles. The van der Waals surface area contributed by atoms with E-state index in [4.69, 9.17) is 14.2 Å². The number of carbonyl (C=O) groups excluding carboxylic acids is 1. The van der Waals surface area contributed by atoms with Crippen molar-refractivity contribution in [1.82, 2.24) is 0 Å². The van der Waals surface area contributed by atoms with Gasteiger partial charge >= 0.3 is 0 Å². The van der Waals surface area contributed by atoms with Crippen LogP contribution in [0.5, 0.6) is 17.2 Å². The Labute approximate surface area is 87.8 Å². The highest BCUT2D eigenvalue weighted by atomic mass is 16.7. The number of carbonyl (C=O) groups is 1. The maximum absolute atomic E-state index is 11.1. The maximum atomic E-state index is 11.1. The van der Waals surface area contributed by atoms with Crippen LogP contribution in [0, 0.1) is 0 Å². The second-order valence-electron chi connectivity index (χ2n) is 3.37. The van der Waals surface area contributed by atoms with Crippen LogP contribution in [0.2, 0.25) is 0 Å². The zero-order valence-electron chi connectivity index (χ0n) is 8.70. The standard InChI is InChI=1S/C11H12O4/c1-7(12)5-8-3-4-9-11(10(8)13-2)15-6-14-9/h3-4H,5-6H2,1-2H3. The van der Waals surface area contributed by atoms with E-state index in [1.165, 1.54) is 0 Å². The minimum atomic E-state index is 0.0900. The Morgan fingerprint density at radius 2 is 2.27 bits per heavy atom. The van der Waals surface area contributed by atoms with E-state index in [1.807, 2.05) is 6.07 Å². The monoisotopic (exact) mass is 208 g/mol. The Morgan fingerprint density at radius 3 is 2.93 bits per heavy atom. The Morgan fingerprint density at radius 1 is 1.47 bits per heavy atom. The van der Waals surface area contributed by atoms with Crippen molar-refractivity contribution in [2.24, 2.45) is 0 Å². The lowest BCUT2D eigenvalue weighted by atomic mass is 10.1. The molecule has 0 saturated heterocycles. The zero-order valence-corrected chi connectivity index (χ0v) is 8.70. The Balaban J connectivity index is 2.43. The van der Waals surface area contributed by atoms with Gasteiger partial charge in [0.2, 0.25) is 12.5 Å². The first-order valence-corrected chi connectivity index (χ1v) is 4.67. The molecule has 4 nitrogen and oxygen atoms in total. The first kappa shape index (κ1) is 9.83. The summed E-state index contributed by atoms with van der Waals surface area (Å²) in [5.41, 5.74) is 0.828. The third kappa shape index (κ3) is 1.75. The molecule has 1 aromatic rings. The molecule has 0 bridgehead atoms. The van der Waals surface area contributed by atoms with Gasteiger partial charge in [-0.2, -0.15) is 0 Å². The lowest BCUT2D eigenvalue weighted by Gasteiger charge is -2.09. The largest absolute Gasteiger partial charge is 0.492 e. The van der Waals surface area contributed by atoms with Crippen molar-refractivity contribution in [1.29, 1.82) is 0 Å². The third-order valence-electron chi connectivity index (χ3n) is 2.22. The first-order chi connectivity index (χ1) is 7.22. The minimum absolute atomic E-state index is 0.0900. The molecule has 0 fully saturated rings. The van der Waals surface area contributed by atoms with E-state index in [-0.39, 0.29) is 12.6 Å². The predicted octanol–water partition coefficient (Wildman–Crippen LogP) is 1.56. The van der Waals surface area contributed by atoms with E-state index >= 15 is 0 Å². The molecule has 1 aromatic carbocycles. The summed E-state index contributed by atoms with van der Waals surface area (Å²) in [5.74, 6) is 1.95. The van der Waals surface area contributed by atoms with E-state index in [0.717, 1.165) is 5.56 Å². The summed E-state index contributed by atoms with van der Waals surface area (Å²) in [6.07, 6.45) is 0.347. The van der Waals surface area contributed by atoms with Crippen molar-refractivity contribution >= 4 is 5.78 Å². The average molecular weight is 208 g/mol. The van der Waals surface area contributed by atoms with Gasteiger partial charge in [-0.3, -0.25) is 4.79 Å². The number of rotatable bonds is 3. The van der Waals surface area contributed by atoms with Crippen molar-refractivity contribution in [2.45, 2.75) is 13.3 Å². The van der Waals surface area contributed by atoms with Gasteiger partial charge in [-0.15, -0.1) is 0 Å². The second kappa shape index (κ2) is 3.81. The molecule has 2 rings (SSSR count). The molecule has 15 heavy (non-hydrogen) atoms. The molecule has 0 aromatic heterocycles. The SMILES string of the molecule is COc1c(CC(C)=O)ccc2c1OCO2. The van der Waals surface area contributed by atoms with Crippen molar-refractivity contribution in [3.05, 3.63) is 17.7 Å². The van der Waals surface area contributed by atoms with Gasteiger partial charge in [0.05, 0.1) is 7.11 Å². The molecule has 1 aliphatic rings. The predicted molar refractivity (Wildman–Crippen MR) is 53.5 cm³/mol. The van der Waals surface area contributed by atoms with Crippen molar-refractivity contribution < 1.29 is 19.0 Å². The fourth-order valence-corrected chi connectivity index (χ4v) is 1.62. The smallest absolute Gasteiger partial charge is 0.231 e. The molecular formula is C11H12O4. The highest BCUT2D eigenvalue weighted by molar-refractivity contribution is 5.79. The van der Waals surface area contributed by atoms with Crippen LogP contribution in [-0.4, -0.2) is 19.7 Å². The summed E-state index contributed by atoms with van der Waals surface area (Å²) in [5, 5.41) is 0. The van der Waals surface area contributed by atoms with Gasteiger partial charge in [-0.05, 0) is 13.0 Å². The van der Waals surface area contributed by atoms with Crippen LogP contribution in [-0.2, 0) is 11.2 Å².